The van der Waals surface area contributed by atoms with Crippen LogP contribution in [0.25, 0.3) is 0 Å². The summed E-state index contributed by atoms with van der Waals surface area (Å²) in [5.41, 5.74) is 5.11. The zero-order valence-corrected chi connectivity index (χ0v) is 8.84. The molecule has 0 spiro atoms. The van der Waals surface area contributed by atoms with Crippen LogP contribution in [0.2, 0.25) is 0 Å². The summed E-state index contributed by atoms with van der Waals surface area (Å²) in [5, 5.41) is 7.23. The van der Waals surface area contributed by atoms with Gasteiger partial charge in [0.1, 0.15) is 16.9 Å². The number of hydrogen-bond donors (Lipinski definition) is 2. The molecule has 7 heteroatoms. The van der Waals surface area contributed by atoms with E-state index in [4.69, 9.17) is 10.8 Å². The smallest absolute Gasteiger partial charge is 0.320 e. The number of rotatable bonds is 4. The van der Waals surface area contributed by atoms with Crippen molar-refractivity contribution in [2.45, 2.75) is 10.1 Å². The lowest BCUT2D eigenvalue weighted by Gasteiger charge is -2.10. The average molecular weight is 249 g/mol. The first kappa shape index (κ1) is 12.7. The number of benzene rings is 1. The quantitative estimate of drug-likeness (QED) is 0.813. The third-order valence-electron chi connectivity index (χ3n) is 1.86. The summed E-state index contributed by atoms with van der Waals surface area (Å²) < 4.78 is 37.6. The highest BCUT2D eigenvalue weighted by molar-refractivity contribution is 7.86. The Morgan fingerprint density at radius 3 is 2.62 bits per heavy atom. The molecule has 0 heterocycles. The third-order valence-corrected chi connectivity index (χ3v) is 3.52. The Morgan fingerprint density at radius 2 is 2.12 bits per heavy atom. The normalized spacial score (nSPS) is 14.4. The van der Waals surface area contributed by atoms with Gasteiger partial charge in [0.2, 0.25) is 0 Å². The topological polar surface area (TPSA) is 80.4 Å². The van der Waals surface area contributed by atoms with Crippen LogP contribution in [0.1, 0.15) is 0 Å². The van der Waals surface area contributed by atoms with Crippen LogP contribution < -0.4 is 5.73 Å². The lowest BCUT2D eigenvalue weighted by atomic mass is 10.3. The summed E-state index contributed by atoms with van der Waals surface area (Å²) in [7, 11) is -2.21. The van der Waals surface area contributed by atoms with Crippen LogP contribution in [0, 0.1) is 11.6 Å². The number of hydrogen-bond acceptors (Lipinski definition) is 3. The molecule has 16 heavy (non-hydrogen) atoms. The van der Waals surface area contributed by atoms with Gasteiger partial charge in [-0.05, 0) is 18.2 Å². The van der Waals surface area contributed by atoms with Gasteiger partial charge in [0, 0.05) is 6.54 Å². The van der Waals surface area contributed by atoms with E-state index < -0.39 is 45.1 Å². The third kappa shape index (κ3) is 2.61. The second-order valence-electron chi connectivity index (χ2n) is 2.93. The van der Waals surface area contributed by atoms with Gasteiger partial charge in [-0.1, -0.05) is 0 Å². The molecule has 1 aromatic rings. The van der Waals surface area contributed by atoms with Crippen LogP contribution in [0.4, 0.5) is 8.78 Å². The molecule has 1 aromatic carbocycles. The first-order chi connectivity index (χ1) is 7.47. The van der Waals surface area contributed by atoms with Gasteiger partial charge in [0.05, 0.1) is 15.7 Å². The number of nitrogens with two attached hydrogens (primary N) is 1. The Morgan fingerprint density at radius 1 is 1.50 bits per heavy atom. The minimum absolute atomic E-state index is 0.419. The van der Waals surface area contributed by atoms with E-state index in [1.807, 2.05) is 0 Å². The average Bonchev–Trinajstić information content (AvgIpc) is 2.22. The number of halogens is 2. The summed E-state index contributed by atoms with van der Waals surface area (Å²) >= 11 is 0. The molecule has 0 amide bonds. The summed E-state index contributed by atoms with van der Waals surface area (Å²) in [4.78, 5) is 10.2. The van der Waals surface area contributed by atoms with Crippen molar-refractivity contribution in [2.75, 3.05) is 6.54 Å². The zero-order chi connectivity index (χ0) is 12.3. The van der Waals surface area contributed by atoms with Gasteiger partial charge in [-0.25, -0.2) is 8.78 Å². The summed E-state index contributed by atoms with van der Waals surface area (Å²) in [5.74, 6) is -3.12. The molecule has 0 saturated heterocycles. The monoisotopic (exact) mass is 249 g/mol. The molecule has 0 aromatic heterocycles. The van der Waals surface area contributed by atoms with Crippen molar-refractivity contribution < 1.29 is 22.9 Å². The second-order valence-corrected chi connectivity index (χ2v) is 4.54. The molecule has 1 rings (SSSR count). The van der Waals surface area contributed by atoms with Crippen molar-refractivity contribution in [3.8, 4) is 0 Å². The zero-order valence-electron chi connectivity index (χ0n) is 8.02. The van der Waals surface area contributed by atoms with E-state index in [0.717, 1.165) is 12.1 Å². The number of aliphatic carboxylic acids is 1. The molecular formula is C9H9F2NO3S. The molecule has 4 nitrogen and oxygen atoms in total. The number of carbonyl (C=O) groups is 1. The van der Waals surface area contributed by atoms with Crippen LogP contribution in [0.3, 0.4) is 0 Å². The van der Waals surface area contributed by atoms with Gasteiger partial charge in [-0.15, -0.1) is 0 Å². The predicted octanol–water partition coefficient (Wildman–Crippen LogP) is 0.484. The van der Waals surface area contributed by atoms with Crippen molar-refractivity contribution in [3.63, 3.8) is 0 Å². The molecule has 0 radical (unpaired) electrons. The van der Waals surface area contributed by atoms with Gasteiger partial charge >= 0.3 is 5.97 Å². The first-order valence-electron chi connectivity index (χ1n) is 4.26. The Hall–Kier alpha value is -1.34. The molecule has 2 unspecified atom stereocenters. The van der Waals surface area contributed by atoms with Crippen LogP contribution in [-0.4, -0.2) is 27.1 Å². The van der Waals surface area contributed by atoms with Crippen LogP contribution in [0.15, 0.2) is 23.1 Å². The largest absolute Gasteiger partial charge is 0.480 e. The van der Waals surface area contributed by atoms with E-state index in [1.54, 1.807) is 0 Å². The predicted molar refractivity (Wildman–Crippen MR) is 53.2 cm³/mol. The molecule has 0 bridgehead atoms. The van der Waals surface area contributed by atoms with Crippen molar-refractivity contribution in [3.05, 3.63) is 29.8 Å². The minimum atomic E-state index is -2.21. The van der Waals surface area contributed by atoms with Gasteiger partial charge in [0.15, 0.2) is 0 Å². The Labute approximate surface area is 92.5 Å². The summed E-state index contributed by atoms with van der Waals surface area (Å²) in [6.45, 7) is -0.419. The molecule has 2 atom stereocenters. The van der Waals surface area contributed by atoms with Crippen LogP contribution >= 0.6 is 0 Å². The maximum atomic E-state index is 13.2. The van der Waals surface area contributed by atoms with Gasteiger partial charge in [0.25, 0.3) is 0 Å². The number of carboxylic acid groups (broad SMARTS) is 1. The Bertz CT molecular complexity index is 439. The molecule has 0 aliphatic heterocycles. The van der Waals surface area contributed by atoms with Crippen molar-refractivity contribution in [1.82, 2.24) is 0 Å². The van der Waals surface area contributed by atoms with Gasteiger partial charge in [-0.3, -0.25) is 9.00 Å². The summed E-state index contributed by atoms with van der Waals surface area (Å²) in [6.07, 6.45) is 0. The number of carboxylic acids is 1. The Kier molecular flexibility index (Phi) is 4.08. The highest BCUT2D eigenvalue weighted by Crippen LogP contribution is 2.17. The SMILES string of the molecule is NCC(C(=O)O)S(=O)c1cc(F)ccc1F. The van der Waals surface area contributed by atoms with E-state index in [0.29, 0.717) is 6.07 Å². The molecular weight excluding hydrogens is 240 g/mol. The van der Waals surface area contributed by atoms with Crippen molar-refractivity contribution in [1.29, 1.82) is 0 Å². The fraction of sp³-hybridized carbons (Fsp3) is 0.222. The first-order valence-corrected chi connectivity index (χ1v) is 5.47. The van der Waals surface area contributed by atoms with E-state index in [9.17, 15) is 17.8 Å². The maximum absolute atomic E-state index is 13.2. The lowest BCUT2D eigenvalue weighted by Crippen LogP contribution is -2.33. The van der Waals surface area contributed by atoms with Gasteiger partial charge in [-0.2, -0.15) is 0 Å². The van der Waals surface area contributed by atoms with Crippen molar-refractivity contribution in [2.24, 2.45) is 5.73 Å². The molecule has 3 N–H and O–H groups in total. The lowest BCUT2D eigenvalue weighted by molar-refractivity contribution is -0.136. The fourth-order valence-electron chi connectivity index (χ4n) is 1.06. The fourth-order valence-corrected chi connectivity index (χ4v) is 2.22. The van der Waals surface area contributed by atoms with Crippen LogP contribution in [0.5, 0.6) is 0 Å². The van der Waals surface area contributed by atoms with Crippen molar-refractivity contribution >= 4 is 16.8 Å². The molecule has 0 aliphatic rings. The van der Waals surface area contributed by atoms with Gasteiger partial charge < -0.3 is 10.8 Å². The highest BCUT2D eigenvalue weighted by atomic mass is 32.2. The van der Waals surface area contributed by atoms with E-state index >= 15 is 0 Å². The van der Waals surface area contributed by atoms with E-state index in [2.05, 4.69) is 0 Å². The summed E-state index contributed by atoms with van der Waals surface area (Å²) in [6, 6.07) is 2.35. The molecule has 0 aliphatic carbocycles. The van der Waals surface area contributed by atoms with E-state index in [1.165, 1.54) is 0 Å². The Balaban J connectivity index is 3.12. The maximum Gasteiger partial charge on any atom is 0.320 e. The van der Waals surface area contributed by atoms with E-state index in [-0.39, 0.29) is 0 Å². The highest BCUT2D eigenvalue weighted by Gasteiger charge is 2.26. The molecule has 88 valence electrons. The second kappa shape index (κ2) is 5.13. The van der Waals surface area contributed by atoms with Crippen LogP contribution in [-0.2, 0) is 15.6 Å². The minimum Gasteiger partial charge on any atom is -0.480 e. The molecule has 0 fully saturated rings. The standard InChI is InChI=1S/C9H9F2NO3S/c10-5-1-2-6(11)7(3-5)16(15)8(4-12)9(13)14/h1-3,8H,4,12H2,(H,13,14). The molecule has 0 saturated carbocycles.